The number of nitrogens with one attached hydrogen (secondary N) is 1. The van der Waals surface area contributed by atoms with E-state index in [4.69, 9.17) is 22.1 Å². The Labute approximate surface area is 239 Å². The number of rotatable bonds is 5. The van der Waals surface area contributed by atoms with Crippen LogP contribution in [0.4, 0.5) is 17.1 Å². The molecule has 0 saturated heterocycles. The number of halogens is 1. The van der Waals surface area contributed by atoms with Gasteiger partial charge in [0.25, 0.3) is 0 Å². The predicted octanol–water partition coefficient (Wildman–Crippen LogP) is 2.14. The number of nitrogens with two attached hydrogens (primary N) is 1. The first-order valence-corrected chi connectivity index (χ1v) is 12.3. The first-order valence-electron chi connectivity index (χ1n) is 10.5. The quantitative estimate of drug-likeness (QED) is 0.196. The topological polar surface area (TPSA) is 139 Å². The molecule has 37 heavy (non-hydrogen) atoms. The fourth-order valence-electron chi connectivity index (χ4n) is 4.00. The van der Waals surface area contributed by atoms with Gasteiger partial charge in [-0.15, -0.1) is 0 Å². The van der Waals surface area contributed by atoms with E-state index in [1.807, 2.05) is 0 Å². The van der Waals surface area contributed by atoms with E-state index >= 15 is 0 Å². The third-order valence-electron chi connectivity index (χ3n) is 5.65. The van der Waals surface area contributed by atoms with Crippen LogP contribution in [0.1, 0.15) is 31.8 Å². The maximum absolute atomic E-state index is 13.4. The number of ether oxygens (including phenoxy) is 1. The molecule has 0 heterocycles. The van der Waals surface area contributed by atoms with Gasteiger partial charge in [0, 0.05) is 21.8 Å². The summed E-state index contributed by atoms with van der Waals surface area (Å²) in [5.41, 5.74) is 5.63. The fraction of sp³-hybridized carbons (Fsp3) is 0. The zero-order valence-corrected chi connectivity index (χ0v) is 22.9. The SMILES string of the molecule is Nc1c(S(=O)(=O)[O-])cc(Nc2ccc(Oc3ccc(Cl)cc3)cc2)c2c1C(=O)c1ccccc1C2=O.[Na+]. The standard InChI is InChI=1S/C26H17ClN2O6S.Na/c27-14-5-9-16(10-6-14)35-17-11-7-15(8-12-17)29-20-13-21(36(32,33)34)24(28)23-22(20)25(30)18-3-1-2-4-19(18)26(23)31;/h1-13,29H,28H2,(H,32,33,34);/q;+1/p-1. The number of benzene rings is 4. The Balaban J connectivity index is 0.00000320. The van der Waals surface area contributed by atoms with Gasteiger partial charge in [0.05, 0.1) is 27.4 Å². The molecule has 0 spiro atoms. The average molecular weight is 543 g/mol. The van der Waals surface area contributed by atoms with E-state index in [1.54, 1.807) is 60.7 Å². The summed E-state index contributed by atoms with van der Waals surface area (Å²) >= 11 is 5.89. The van der Waals surface area contributed by atoms with Gasteiger partial charge in [0.15, 0.2) is 11.6 Å². The number of hydrogen-bond acceptors (Lipinski definition) is 8. The minimum Gasteiger partial charge on any atom is -0.744 e. The van der Waals surface area contributed by atoms with Crippen molar-refractivity contribution in [3.8, 4) is 11.5 Å². The van der Waals surface area contributed by atoms with Gasteiger partial charge in [-0.25, -0.2) is 8.42 Å². The Bertz CT molecular complexity index is 1660. The molecule has 0 radical (unpaired) electrons. The van der Waals surface area contributed by atoms with Gasteiger partial charge in [-0.05, 0) is 54.6 Å². The minimum absolute atomic E-state index is 0. The average Bonchev–Trinajstić information content (AvgIpc) is 2.85. The first-order chi connectivity index (χ1) is 17.1. The Kier molecular flexibility index (Phi) is 7.48. The van der Waals surface area contributed by atoms with Crippen molar-refractivity contribution >= 4 is 50.3 Å². The van der Waals surface area contributed by atoms with E-state index in [0.29, 0.717) is 22.2 Å². The predicted molar refractivity (Wildman–Crippen MR) is 133 cm³/mol. The Morgan fingerprint density at radius 2 is 1.32 bits per heavy atom. The molecule has 0 aliphatic heterocycles. The third-order valence-corrected chi connectivity index (χ3v) is 6.78. The number of nitrogen functional groups attached to an aromatic ring is 1. The monoisotopic (exact) mass is 542 g/mol. The maximum Gasteiger partial charge on any atom is 1.00 e. The summed E-state index contributed by atoms with van der Waals surface area (Å²) in [7, 11) is -5.05. The Hall–Kier alpha value is -3.18. The molecule has 4 aromatic carbocycles. The summed E-state index contributed by atoms with van der Waals surface area (Å²) in [5, 5.41) is 3.52. The van der Waals surface area contributed by atoms with E-state index in [1.165, 1.54) is 12.1 Å². The second-order valence-corrected chi connectivity index (χ2v) is 9.73. The summed E-state index contributed by atoms with van der Waals surface area (Å²) in [4.78, 5) is 25.8. The molecule has 0 fully saturated rings. The van der Waals surface area contributed by atoms with Crippen LogP contribution in [0.3, 0.4) is 0 Å². The summed E-state index contributed by atoms with van der Waals surface area (Å²) in [6.07, 6.45) is 0. The van der Waals surface area contributed by atoms with Crippen LogP contribution in [0.15, 0.2) is 83.8 Å². The van der Waals surface area contributed by atoms with Gasteiger partial charge in [-0.1, -0.05) is 35.9 Å². The molecule has 0 unspecified atom stereocenters. The van der Waals surface area contributed by atoms with Crippen LogP contribution in [0.5, 0.6) is 11.5 Å². The summed E-state index contributed by atoms with van der Waals surface area (Å²) < 4.78 is 41.6. The molecular formula is C26H16ClN2NaO6S. The summed E-state index contributed by atoms with van der Waals surface area (Å²) in [6, 6.07) is 20.5. The molecule has 0 aromatic heterocycles. The molecule has 5 rings (SSSR count). The Morgan fingerprint density at radius 3 is 1.86 bits per heavy atom. The van der Waals surface area contributed by atoms with Crippen molar-refractivity contribution < 1.29 is 56.9 Å². The van der Waals surface area contributed by atoms with E-state index in [2.05, 4.69) is 5.32 Å². The van der Waals surface area contributed by atoms with Gasteiger partial charge in [0.1, 0.15) is 21.6 Å². The fourth-order valence-corrected chi connectivity index (χ4v) is 4.76. The number of carbonyl (C=O) groups excluding carboxylic acids is 2. The van der Waals surface area contributed by atoms with Crippen LogP contribution in [-0.4, -0.2) is 24.5 Å². The van der Waals surface area contributed by atoms with E-state index < -0.39 is 32.3 Å². The molecule has 0 saturated carbocycles. The molecule has 0 amide bonds. The van der Waals surface area contributed by atoms with Crippen molar-refractivity contribution in [3.63, 3.8) is 0 Å². The molecule has 3 N–H and O–H groups in total. The molecule has 0 atom stereocenters. The van der Waals surface area contributed by atoms with Crippen molar-refractivity contribution in [3.05, 3.63) is 106 Å². The van der Waals surface area contributed by atoms with Gasteiger partial charge in [0.2, 0.25) is 0 Å². The van der Waals surface area contributed by atoms with Gasteiger partial charge in [-0.2, -0.15) is 0 Å². The van der Waals surface area contributed by atoms with Crippen LogP contribution in [0.2, 0.25) is 5.02 Å². The van der Waals surface area contributed by atoms with Crippen molar-refractivity contribution in [2.45, 2.75) is 4.90 Å². The summed E-state index contributed by atoms with van der Waals surface area (Å²) in [6.45, 7) is 0. The zero-order valence-electron chi connectivity index (χ0n) is 19.3. The van der Waals surface area contributed by atoms with Gasteiger partial charge >= 0.3 is 29.6 Å². The number of hydrogen-bond donors (Lipinski definition) is 2. The van der Waals surface area contributed by atoms with E-state index in [-0.39, 0.29) is 57.5 Å². The van der Waals surface area contributed by atoms with Crippen molar-refractivity contribution in [1.29, 1.82) is 0 Å². The molecule has 8 nitrogen and oxygen atoms in total. The smallest absolute Gasteiger partial charge is 0.744 e. The first kappa shape index (κ1) is 26.9. The van der Waals surface area contributed by atoms with Gasteiger partial charge in [-0.3, -0.25) is 9.59 Å². The largest absolute Gasteiger partial charge is 1.00 e. The second-order valence-electron chi connectivity index (χ2n) is 7.95. The maximum atomic E-state index is 13.4. The van der Waals surface area contributed by atoms with Crippen LogP contribution < -0.4 is 45.3 Å². The second kappa shape index (κ2) is 10.3. The molecular weight excluding hydrogens is 527 g/mol. The van der Waals surface area contributed by atoms with E-state index in [9.17, 15) is 22.6 Å². The minimum atomic E-state index is -5.05. The van der Waals surface area contributed by atoms with Crippen LogP contribution in [0, 0.1) is 0 Å². The summed E-state index contributed by atoms with van der Waals surface area (Å²) in [5.74, 6) is -0.0871. The van der Waals surface area contributed by atoms with Crippen molar-refractivity contribution in [2.24, 2.45) is 0 Å². The van der Waals surface area contributed by atoms with Crippen LogP contribution in [-0.2, 0) is 10.1 Å². The van der Waals surface area contributed by atoms with Crippen LogP contribution in [0.25, 0.3) is 0 Å². The Morgan fingerprint density at radius 1 is 0.811 bits per heavy atom. The normalized spacial score (nSPS) is 12.3. The molecule has 4 aromatic rings. The van der Waals surface area contributed by atoms with Crippen LogP contribution >= 0.6 is 11.6 Å². The van der Waals surface area contributed by atoms with E-state index in [0.717, 1.165) is 6.07 Å². The molecule has 0 bridgehead atoms. The number of fused-ring (bicyclic) bond motifs is 2. The van der Waals surface area contributed by atoms with Crippen molar-refractivity contribution in [1.82, 2.24) is 0 Å². The molecule has 1 aliphatic rings. The molecule has 1 aliphatic carbocycles. The third kappa shape index (κ3) is 5.15. The van der Waals surface area contributed by atoms with Gasteiger partial charge < -0.3 is 20.3 Å². The number of ketones is 2. The number of carbonyl (C=O) groups is 2. The molecule has 11 heteroatoms. The zero-order chi connectivity index (χ0) is 25.6. The van der Waals surface area contributed by atoms with Crippen molar-refractivity contribution in [2.75, 3.05) is 11.1 Å². The number of anilines is 3. The molecule has 180 valence electrons.